The molecule has 1 amide bonds. The summed E-state index contributed by atoms with van der Waals surface area (Å²) in [4.78, 5) is 40.0. The van der Waals surface area contributed by atoms with Crippen LogP contribution >= 0.6 is 0 Å². The van der Waals surface area contributed by atoms with Gasteiger partial charge in [0.2, 0.25) is 5.78 Å². The zero-order valence-corrected chi connectivity index (χ0v) is 20.4. The van der Waals surface area contributed by atoms with E-state index in [4.69, 9.17) is 0 Å². The van der Waals surface area contributed by atoms with Gasteiger partial charge in [0.1, 0.15) is 0 Å². The van der Waals surface area contributed by atoms with Gasteiger partial charge in [-0.1, -0.05) is 54.6 Å². The van der Waals surface area contributed by atoms with Gasteiger partial charge in [-0.3, -0.25) is 14.2 Å². The standard InChI is InChI=1S/C28H27N5O3/c1-18(2)29-25(34)21-13-14-23-24(15-21)33-27(31(26(23)35)16-20-10-5-4-6-11-20)30-32(28(33)36)17-22-12-8-7-9-19(22)3/h4-15,18H,16-17H2,1-3H3,(H,29,34). The maximum Gasteiger partial charge on any atom is 0.352 e. The summed E-state index contributed by atoms with van der Waals surface area (Å²) in [7, 11) is 0. The number of aryl methyl sites for hydroxylation is 1. The molecule has 1 N–H and O–H groups in total. The predicted octanol–water partition coefficient (Wildman–Crippen LogP) is 3.35. The molecule has 36 heavy (non-hydrogen) atoms. The van der Waals surface area contributed by atoms with Crippen molar-refractivity contribution in [2.45, 2.75) is 39.9 Å². The first-order chi connectivity index (χ1) is 17.3. The summed E-state index contributed by atoms with van der Waals surface area (Å²) in [5.74, 6) is -0.0368. The van der Waals surface area contributed by atoms with Crippen molar-refractivity contribution in [2.75, 3.05) is 0 Å². The van der Waals surface area contributed by atoms with E-state index in [1.807, 2.05) is 75.4 Å². The van der Waals surface area contributed by atoms with Gasteiger partial charge < -0.3 is 5.32 Å². The second-order valence-electron chi connectivity index (χ2n) is 9.24. The number of aromatic nitrogens is 4. The molecule has 3 aromatic carbocycles. The minimum Gasteiger partial charge on any atom is -0.350 e. The van der Waals surface area contributed by atoms with Crippen LogP contribution in [0.1, 0.15) is 40.9 Å². The largest absolute Gasteiger partial charge is 0.352 e. The van der Waals surface area contributed by atoms with Gasteiger partial charge in [-0.15, -0.1) is 5.10 Å². The third-order valence-corrected chi connectivity index (χ3v) is 6.22. The summed E-state index contributed by atoms with van der Waals surface area (Å²) >= 11 is 0. The molecular formula is C28H27N5O3. The maximum atomic E-state index is 13.7. The van der Waals surface area contributed by atoms with Crippen LogP contribution in [-0.2, 0) is 13.1 Å². The van der Waals surface area contributed by atoms with E-state index in [1.165, 1.54) is 13.6 Å². The molecule has 0 saturated carbocycles. The van der Waals surface area contributed by atoms with Gasteiger partial charge in [-0.05, 0) is 55.7 Å². The van der Waals surface area contributed by atoms with E-state index in [0.717, 1.165) is 16.7 Å². The van der Waals surface area contributed by atoms with E-state index >= 15 is 0 Å². The summed E-state index contributed by atoms with van der Waals surface area (Å²) in [5, 5.41) is 7.81. The molecule has 5 aromatic rings. The number of benzene rings is 3. The molecule has 0 bridgehead atoms. The van der Waals surface area contributed by atoms with Crippen LogP contribution < -0.4 is 16.6 Å². The van der Waals surface area contributed by atoms with Crippen LogP contribution in [0.15, 0.2) is 82.4 Å². The lowest BCUT2D eigenvalue weighted by Gasteiger charge is -2.12. The zero-order chi connectivity index (χ0) is 25.4. The van der Waals surface area contributed by atoms with E-state index in [2.05, 4.69) is 10.4 Å². The van der Waals surface area contributed by atoms with Crippen molar-refractivity contribution < 1.29 is 4.79 Å². The Morgan fingerprint density at radius 1 is 0.944 bits per heavy atom. The van der Waals surface area contributed by atoms with Gasteiger partial charge >= 0.3 is 5.69 Å². The van der Waals surface area contributed by atoms with E-state index in [1.54, 1.807) is 18.2 Å². The number of hydrogen-bond acceptors (Lipinski definition) is 4. The van der Waals surface area contributed by atoms with Crippen molar-refractivity contribution in [3.05, 3.63) is 116 Å². The number of rotatable bonds is 6. The first kappa shape index (κ1) is 23.3. The Kier molecular flexibility index (Phi) is 6.01. The number of nitrogens with zero attached hydrogens (tertiary/aromatic N) is 4. The lowest BCUT2D eigenvalue weighted by atomic mass is 10.1. The van der Waals surface area contributed by atoms with E-state index in [9.17, 15) is 14.4 Å². The molecule has 8 nitrogen and oxygen atoms in total. The highest BCUT2D eigenvalue weighted by Crippen LogP contribution is 2.16. The Morgan fingerprint density at radius 3 is 2.39 bits per heavy atom. The molecular weight excluding hydrogens is 454 g/mol. The molecule has 0 aliphatic rings. The monoisotopic (exact) mass is 481 g/mol. The average Bonchev–Trinajstić information content (AvgIpc) is 3.19. The van der Waals surface area contributed by atoms with E-state index in [0.29, 0.717) is 16.5 Å². The Bertz CT molecular complexity index is 1710. The third kappa shape index (κ3) is 4.22. The zero-order valence-electron chi connectivity index (χ0n) is 20.4. The second kappa shape index (κ2) is 9.30. The molecule has 0 aliphatic carbocycles. The minimum atomic E-state index is -0.374. The first-order valence-electron chi connectivity index (χ1n) is 11.9. The fourth-order valence-corrected chi connectivity index (χ4v) is 4.36. The van der Waals surface area contributed by atoms with Crippen LogP contribution in [-0.4, -0.2) is 30.7 Å². The Balaban J connectivity index is 1.77. The topological polar surface area (TPSA) is 90.4 Å². The Hall–Kier alpha value is -4.46. The summed E-state index contributed by atoms with van der Waals surface area (Å²) < 4.78 is 4.32. The van der Waals surface area contributed by atoms with Crippen molar-refractivity contribution in [3.8, 4) is 0 Å². The highest BCUT2D eigenvalue weighted by atomic mass is 16.2. The highest BCUT2D eigenvalue weighted by molar-refractivity contribution is 5.98. The van der Waals surface area contributed by atoms with Gasteiger partial charge in [-0.25, -0.2) is 13.9 Å². The van der Waals surface area contributed by atoms with Crippen LogP contribution in [0.5, 0.6) is 0 Å². The predicted molar refractivity (Wildman–Crippen MR) is 140 cm³/mol. The van der Waals surface area contributed by atoms with Crippen molar-refractivity contribution in [1.29, 1.82) is 0 Å². The molecule has 0 saturated heterocycles. The SMILES string of the molecule is Cc1ccccc1Cn1nc2n(Cc3ccccc3)c(=O)c3ccc(C(=O)NC(C)C)cc3n2c1=O. The summed E-state index contributed by atoms with van der Waals surface area (Å²) in [5.41, 5.74) is 3.00. The third-order valence-electron chi connectivity index (χ3n) is 6.22. The fraction of sp³-hybridized carbons (Fsp3) is 0.214. The molecule has 0 unspecified atom stereocenters. The van der Waals surface area contributed by atoms with Crippen LogP contribution in [0.2, 0.25) is 0 Å². The van der Waals surface area contributed by atoms with Gasteiger partial charge in [0.25, 0.3) is 11.5 Å². The summed E-state index contributed by atoms with van der Waals surface area (Å²) in [6.07, 6.45) is 0. The molecule has 2 aromatic heterocycles. The quantitative estimate of drug-likeness (QED) is 0.403. The number of hydrogen-bond donors (Lipinski definition) is 1. The Morgan fingerprint density at radius 2 is 1.67 bits per heavy atom. The highest BCUT2D eigenvalue weighted by Gasteiger charge is 2.20. The molecule has 8 heteroatoms. The molecule has 0 atom stereocenters. The molecule has 0 radical (unpaired) electrons. The second-order valence-corrected chi connectivity index (χ2v) is 9.24. The molecule has 5 rings (SSSR count). The summed E-state index contributed by atoms with van der Waals surface area (Å²) in [6, 6.07) is 22.1. The molecule has 2 heterocycles. The van der Waals surface area contributed by atoms with Gasteiger partial charge in [-0.2, -0.15) is 0 Å². The van der Waals surface area contributed by atoms with Gasteiger partial charge in [0.05, 0.1) is 24.0 Å². The number of amides is 1. The summed E-state index contributed by atoms with van der Waals surface area (Å²) in [6.45, 7) is 6.26. The van der Waals surface area contributed by atoms with Gasteiger partial charge in [0.15, 0.2) is 0 Å². The Labute approximate surface area is 207 Å². The maximum absolute atomic E-state index is 13.7. The first-order valence-corrected chi connectivity index (χ1v) is 11.9. The van der Waals surface area contributed by atoms with E-state index < -0.39 is 0 Å². The molecule has 0 fully saturated rings. The van der Waals surface area contributed by atoms with Crippen molar-refractivity contribution in [2.24, 2.45) is 0 Å². The van der Waals surface area contributed by atoms with Crippen LogP contribution in [0.3, 0.4) is 0 Å². The molecule has 0 spiro atoms. The van der Waals surface area contributed by atoms with Crippen molar-refractivity contribution in [3.63, 3.8) is 0 Å². The van der Waals surface area contributed by atoms with Crippen LogP contribution in [0.25, 0.3) is 16.7 Å². The number of nitrogens with one attached hydrogen (secondary N) is 1. The lowest BCUT2D eigenvalue weighted by Crippen LogP contribution is -2.30. The number of carbonyl (C=O) groups is 1. The fourth-order valence-electron chi connectivity index (χ4n) is 4.36. The average molecular weight is 482 g/mol. The molecule has 0 aliphatic heterocycles. The van der Waals surface area contributed by atoms with Crippen molar-refractivity contribution in [1.82, 2.24) is 24.1 Å². The molecule has 182 valence electrons. The van der Waals surface area contributed by atoms with Crippen molar-refractivity contribution >= 4 is 22.6 Å². The van der Waals surface area contributed by atoms with Gasteiger partial charge in [0, 0.05) is 11.6 Å². The number of fused-ring (bicyclic) bond motifs is 3. The van der Waals surface area contributed by atoms with E-state index in [-0.39, 0.29) is 42.1 Å². The van der Waals surface area contributed by atoms with Crippen LogP contribution in [0, 0.1) is 6.92 Å². The normalized spacial score (nSPS) is 11.4. The smallest absolute Gasteiger partial charge is 0.350 e. The number of carbonyl (C=O) groups excluding carboxylic acids is 1. The lowest BCUT2D eigenvalue weighted by molar-refractivity contribution is 0.0943. The van der Waals surface area contributed by atoms with Crippen LogP contribution in [0.4, 0.5) is 0 Å². The minimum absolute atomic E-state index is 0.0494.